The van der Waals surface area contributed by atoms with Gasteiger partial charge in [-0.25, -0.2) is 4.99 Å². The summed E-state index contributed by atoms with van der Waals surface area (Å²) in [6, 6.07) is 14.6. The van der Waals surface area contributed by atoms with E-state index in [-0.39, 0.29) is 24.8 Å². The number of halogens is 3. The van der Waals surface area contributed by atoms with Crippen LogP contribution in [0.1, 0.15) is 41.9 Å². The molecule has 0 bridgehead atoms. The Labute approximate surface area is 172 Å². The molecule has 0 aromatic heterocycles. The summed E-state index contributed by atoms with van der Waals surface area (Å²) in [5.74, 6) is 1.87. The van der Waals surface area contributed by atoms with Gasteiger partial charge in [-0.2, -0.15) is 0 Å². The fourth-order valence-electron chi connectivity index (χ4n) is 4.02. The second-order valence-electron chi connectivity index (χ2n) is 6.81. The van der Waals surface area contributed by atoms with Gasteiger partial charge in [-0.15, -0.1) is 24.8 Å². The summed E-state index contributed by atoms with van der Waals surface area (Å²) in [4.78, 5) is 4.68. The summed E-state index contributed by atoms with van der Waals surface area (Å²) in [5, 5.41) is 4.25. The van der Waals surface area contributed by atoms with E-state index in [1.807, 2.05) is 18.2 Å². The third kappa shape index (κ3) is 4.34. The van der Waals surface area contributed by atoms with Crippen molar-refractivity contribution < 1.29 is 0 Å². The van der Waals surface area contributed by atoms with Crippen LogP contribution in [0.5, 0.6) is 0 Å². The molecule has 0 amide bonds. The molecule has 2 aliphatic rings. The summed E-state index contributed by atoms with van der Waals surface area (Å²) in [7, 11) is 0. The molecule has 2 aromatic carbocycles. The monoisotopic (exact) mass is 411 g/mol. The first kappa shape index (κ1) is 21.0. The van der Waals surface area contributed by atoms with Gasteiger partial charge >= 0.3 is 0 Å². The number of hydrogen-bond donors (Lipinski definition) is 2. The largest absolute Gasteiger partial charge is 0.387 e. The molecular weight excluding hydrogens is 389 g/mol. The molecule has 3 nitrogen and oxygen atoms in total. The maximum Gasteiger partial charge on any atom is 0.103 e. The van der Waals surface area contributed by atoms with Gasteiger partial charge in [0.05, 0.1) is 5.69 Å². The van der Waals surface area contributed by atoms with Crippen molar-refractivity contribution in [3.8, 4) is 0 Å². The minimum atomic E-state index is 0. The number of aliphatic imine (C=N–C) groups is 1. The van der Waals surface area contributed by atoms with Gasteiger partial charge in [0, 0.05) is 24.0 Å². The minimum absolute atomic E-state index is 0. The average Bonchev–Trinajstić information content (AvgIpc) is 3.05. The smallest absolute Gasteiger partial charge is 0.103 e. The van der Waals surface area contributed by atoms with E-state index in [4.69, 9.17) is 17.3 Å². The Morgan fingerprint density at radius 1 is 1.00 bits per heavy atom. The number of nitrogens with one attached hydrogen (secondary N) is 1. The molecule has 1 aliphatic heterocycles. The molecule has 1 fully saturated rings. The van der Waals surface area contributed by atoms with E-state index in [2.05, 4.69) is 34.6 Å². The highest BCUT2D eigenvalue weighted by molar-refractivity contribution is 6.30. The molecule has 1 saturated carbocycles. The van der Waals surface area contributed by atoms with E-state index in [1.165, 1.54) is 36.0 Å². The molecule has 1 aliphatic carbocycles. The van der Waals surface area contributed by atoms with Crippen molar-refractivity contribution in [2.24, 2.45) is 16.6 Å². The first-order valence-electron chi connectivity index (χ1n) is 8.63. The Morgan fingerprint density at radius 2 is 1.73 bits per heavy atom. The highest BCUT2D eigenvalue weighted by Crippen LogP contribution is 2.46. The SMILES string of the molecule is Cl.Cl.NC1=Nc2cc(CNCc3cccc(Cl)c3)ccc2[C@H]2CCC[C@@H]12. The Morgan fingerprint density at radius 3 is 2.50 bits per heavy atom. The van der Waals surface area contributed by atoms with Crippen LogP contribution in [0.2, 0.25) is 5.02 Å². The first-order chi connectivity index (χ1) is 11.7. The van der Waals surface area contributed by atoms with Crippen molar-refractivity contribution >= 4 is 47.9 Å². The van der Waals surface area contributed by atoms with Gasteiger partial charge in [-0.05, 0) is 53.6 Å². The zero-order chi connectivity index (χ0) is 16.5. The van der Waals surface area contributed by atoms with Gasteiger partial charge in [0.15, 0.2) is 0 Å². The van der Waals surface area contributed by atoms with Crippen LogP contribution < -0.4 is 11.1 Å². The van der Waals surface area contributed by atoms with Crippen molar-refractivity contribution in [2.75, 3.05) is 0 Å². The Balaban J connectivity index is 0.00000121. The quantitative estimate of drug-likeness (QED) is 0.710. The number of nitrogens with zero attached hydrogens (tertiary/aromatic N) is 1. The molecule has 3 N–H and O–H groups in total. The van der Waals surface area contributed by atoms with Gasteiger partial charge < -0.3 is 11.1 Å². The molecule has 0 saturated heterocycles. The molecule has 2 aromatic rings. The predicted molar refractivity (Wildman–Crippen MR) is 114 cm³/mol. The third-order valence-electron chi connectivity index (χ3n) is 5.19. The van der Waals surface area contributed by atoms with Crippen molar-refractivity contribution in [2.45, 2.75) is 38.3 Å². The summed E-state index contributed by atoms with van der Waals surface area (Å²) < 4.78 is 0. The van der Waals surface area contributed by atoms with Gasteiger partial charge in [0.25, 0.3) is 0 Å². The van der Waals surface area contributed by atoms with E-state index < -0.39 is 0 Å². The molecule has 0 unspecified atom stereocenters. The van der Waals surface area contributed by atoms with E-state index >= 15 is 0 Å². The van der Waals surface area contributed by atoms with Gasteiger partial charge in [0.1, 0.15) is 5.84 Å². The fraction of sp³-hybridized carbons (Fsp3) is 0.350. The lowest BCUT2D eigenvalue weighted by molar-refractivity contribution is 0.609. The van der Waals surface area contributed by atoms with E-state index in [9.17, 15) is 0 Å². The van der Waals surface area contributed by atoms with Crippen molar-refractivity contribution in [1.82, 2.24) is 5.32 Å². The van der Waals surface area contributed by atoms with Crippen molar-refractivity contribution in [3.63, 3.8) is 0 Å². The number of benzene rings is 2. The van der Waals surface area contributed by atoms with Gasteiger partial charge in [-0.3, -0.25) is 0 Å². The van der Waals surface area contributed by atoms with Crippen LogP contribution in [0.15, 0.2) is 47.5 Å². The standard InChI is InChI=1S/C20H22ClN3.2ClH/c21-15-4-1-3-13(9-15)11-23-12-14-7-8-17-16-5-2-6-18(16)20(22)24-19(17)10-14;;/h1,3-4,7-10,16,18,23H,2,5-6,11-12H2,(H2,22,24);2*1H/t16-,18-;;/m1../s1. The van der Waals surface area contributed by atoms with Crippen molar-refractivity contribution in [1.29, 1.82) is 0 Å². The predicted octanol–water partition coefficient (Wildman–Crippen LogP) is 5.36. The van der Waals surface area contributed by atoms with Crippen LogP contribution in [0.4, 0.5) is 5.69 Å². The minimum Gasteiger partial charge on any atom is -0.387 e. The number of rotatable bonds is 4. The first-order valence-corrected chi connectivity index (χ1v) is 9.00. The maximum absolute atomic E-state index is 6.20. The number of hydrogen-bond acceptors (Lipinski definition) is 3. The van der Waals surface area contributed by atoms with Crippen LogP contribution >= 0.6 is 36.4 Å². The van der Waals surface area contributed by atoms with E-state index in [0.29, 0.717) is 11.8 Å². The van der Waals surface area contributed by atoms with Gasteiger partial charge in [-0.1, -0.05) is 42.3 Å². The number of amidine groups is 1. The number of nitrogens with two attached hydrogens (primary N) is 1. The van der Waals surface area contributed by atoms with Crippen LogP contribution in [0.3, 0.4) is 0 Å². The highest BCUT2D eigenvalue weighted by atomic mass is 35.5. The molecule has 0 spiro atoms. The zero-order valence-electron chi connectivity index (χ0n) is 14.5. The normalized spacial score (nSPS) is 20.3. The molecule has 0 radical (unpaired) electrons. The summed E-state index contributed by atoms with van der Waals surface area (Å²) >= 11 is 6.02. The number of fused-ring (bicyclic) bond motifs is 3. The third-order valence-corrected chi connectivity index (χ3v) is 5.42. The maximum atomic E-state index is 6.20. The lowest BCUT2D eigenvalue weighted by Crippen LogP contribution is -2.28. The van der Waals surface area contributed by atoms with E-state index in [0.717, 1.165) is 29.6 Å². The van der Waals surface area contributed by atoms with Crippen LogP contribution in [-0.4, -0.2) is 5.84 Å². The Bertz CT molecular complexity index is 792. The Kier molecular flexibility index (Phi) is 7.36. The lowest BCUT2D eigenvalue weighted by atomic mass is 9.84. The molecule has 2 atom stereocenters. The molecule has 140 valence electrons. The van der Waals surface area contributed by atoms with Crippen molar-refractivity contribution in [3.05, 3.63) is 64.2 Å². The average molecular weight is 413 g/mol. The molecule has 1 heterocycles. The van der Waals surface area contributed by atoms with E-state index in [1.54, 1.807) is 0 Å². The second-order valence-corrected chi connectivity index (χ2v) is 7.24. The topological polar surface area (TPSA) is 50.4 Å². The molecule has 4 rings (SSSR count). The summed E-state index contributed by atoms with van der Waals surface area (Å²) in [5.41, 5.74) is 11.1. The Hall–Kier alpha value is -1.26. The zero-order valence-corrected chi connectivity index (χ0v) is 16.8. The molecule has 26 heavy (non-hydrogen) atoms. The van der Waals surface area contributed by atoms with Crippen LogP contribution in [0, 0.1) is 5.92 Å². The van der Waals surface area contributed by atoms with Crippen LogP contribution in [0.25, 0.3) is 0 Å². The second kappa shape index (κ2) is 9.09. The fourth-order valence-corrected chi connectivity index (χ4v) is 4.23. The van der Waals surface area contributed by atoms with Gasteiger partial charge in [0.2, 0.25) is 0 Å². The van der Waals surface area contributed by atoms with Crippen LogP contribution in [-0.2, 0) is 13.1 Å². The lowest BCUT2D eigenvalue weighted by Gasteiger charge is -2.26. The molecule has 6 heteroatoms. The summed E-state index contributed by atoms with van der Waals surface area (Å²) in [6.45, 7) is 1.61. The highest BCUT2D eigenvalue weighted by Gasteiger charge is 2.35. The summed E-state index contributed by atoms with van der Waals surface area (Å²) in [6.07, 6.45) is 3.68. The molecular formula is C20H24Cl3N3.